The van der Waals surface area contributed by atoms with Crippen LogP contribution in [-0.4, -0.2) is 12.6 Å². The van der Waals surface area contributed by atoms with Gasteiger partial charge in [0.05, 0.1) is 23.8 Å². The third-order valence-electron chi connectivity index (χ3n) is 2.40. The lowest BCUT2D eigenvalue weighted by molar-refractivity contribution is 0.0524. The minimum atomic E-state index is -2.87. The summed E-state index contributed by atoms with van der Waals surface area (Å²) in [6, 6.07) is 4.12. The molecule has 0 heterocycles. The van der Waals surface area contributed by atoms with E-state index in [1.165, 1.54) is 12.1 Å². The summed E-state index contributed by atoms with van der Waals surface area (Å²) >= 11 is 0. The van der Waals surface area contributed by atoms with Crippen molar-refractivity contribution >= 4 is 5.97 Å². The molecule has 0 bridgehead atoms. The average Bonchev–Trinajstić information content (AvgIpc) is 2.36. The van der Waals surface area contributed by atoms with Crippen molar-refractivity contribution in [2.45, 2.75) is 19.9 Å². The van der Waals surface area contributed by atoms with Gasteiger partial charge in [-0.25, -0.2) is 13.6 Å². The molecule has 0 amide bonds. The van der Waals surface area contributed by atoms with E-state index < -0.39 is 18.0 Å². The number of nitrogens with zero attached hydrogens (tertiary/aromatic N) is 1. The Morgan fingerprint density at radius 2 is 2.22 bits per heavy atom. The van der Waals surface area contributed by atoms with Gasteiger partial charge < -0.3 is 10.5 Å². The van der Waals surface area contributed by atoms with Crippen molar-refractivity contribution < 1.29 is 18.3 Å². The molecule has 1 aromatic rings. The van der Waals surface area contributed by atoms with Crippen LogP contribution in [-0.2, 0) is 11.3 Å². The van der Waals surface area contributed by atoms with Gasteiger partial charge in [-0.05, 0) is 24.6 Å². The maximum absolute atomic E-state index is 12.9. The lowest BCUT2D eigenvalue weighted by Gasteiger charge is -2.13. The molecular formula is C12H12F2N2O2. The zero-order valence-electron chi connectivity index (χ0n) is 9.74. The molecule has 0 saturated carbocycles. The molecule has 6 heteroatoms. The maximum atomic E-state index is 12.9. The molecule has 0 atom stereocenters. The Morgan fingerprint density at radius 3 is 2.67 bits per heavy atom. The predicted octanol–water partition coefficient (Wildman–Crippen LogP) is 2.13. The van der Waals surface area contributed by atoms with Crippen LogP contribution in [0.25, 0.3) is 0 Å². The molecule has 1 aromatic carbocycles. The Kier molecular flexibility index (Phi) is 4.75. The highest BCUT2D eigenvalue weighted by Gasteiger charge is 2.23. The third kappa shape index (κ3) is 2.63. The first kappa shape index (κ1) is 14.1. The quantitative estimate of drug-likeness (QED) is 0.835. The third-order valence-corrected chi connectivity index (χ3v) is 2.40. The first-order chi connectivity index (χ1) is 8.56. The number of halogens is 2. The maximum Gasteiger partial charge on any atom is 0.338 e. The van der Waals surface area contributed by atoms with Gasteiger partial charge in [0.1, 0.15) is 0 Å². The van der Waals surface area contributed by atoms with E-state index in [4.69, 9.17) is 15.7 Å². The van der Waals surface area contributed by atoms with E-state index in [2.05, 4.69) is 0 Å². The molecule has 96 valence electrons. The first-order valence-electron chi connectivity index (χ1n) is 5.28. The number of carbonyl (C=O) groups excluding carboxylic acids is 1. The molecule has 2 N–H and O–H groups in total. The molecule has 0 radical (unpaired) electrons. The van der Waals surface area contributed by atoms with Crippen LogP contribution >= 0.6 is 0 Å². The summed E-state index contributed by atoms with van der Waals surface area (Å²) in [5, 5.41) is 8.78. The zero-order chi connectivity index (χ0) is 13.7. The van der Waals surface area contributed by atoms with Crippen LogP contribution in [0.5, 0.6) is 0 Å². The number of esters is 1. The highest BCUT2D eigenvalue weighted by atomic mass is 19.3. The van der Waals surface area contributed by atoms with Crippen LogP contribution in [0, 0.1) is 11.3 Å². The van der Waals surface area contributed by atoms with Gasteiger partial charge in [-0.1, -0.05) is 0 Å². The monoisotopic (exact) mass is 254 g/mol. The normalized spacial score (nSPS) is 10.2. The Morgan fingerprint density at radius 1 is 1.56 bits per heavy atom. The molecule has 1 rings (SSSR count). The van der Waals surface area contributed by atoms with Gasteiger partial charge in [-0.15, -0.1) is 0 Å². The molecule has 0 aromatic heterocycles. The van der Waals surface area contributed by atoms with Crippen molar-refractivity contribution in [3.05, 3.63) is 34.4 Å². The van der Waals surface area contributed by atoms with Gasteiger partial charge in [0, 0.05) is 12.1 Å². The van der Waals surface area contributed by atoms with E-state index in [1.54, 1.807) is 13.0 Å². The Labute approximate surface area is 103 Å². The highest BCUT2D eigenvalue weighted by molar-refractivity contribution is 5.92. The summed E-state index contributed by atoms with van der Waals surface area (Å²) in [7, 11) is 0. The molecule has 0 aliphatic carbocycles. The fourth-order valence-electron chi connectivity index (χ4n) is 1.63. The molecular weight excluding hydrogens is 242 g/mol. The number of carbonyl (C=O) groups is 1. The second kappa shape index (κ2) is 6.07. The molecule has 0 unspecified atom stereocenters. The van der Waals surface area contributed by atoms with Gasteiger partial charge in [0.25, 0.3) is 6.43 Å². The van der Waals surface area contributed by atoms with Gasteiger partial charge in [0.2, 0.25) is 0 Å². The number of alkyl halides is 2. The topological polar surface area (TPSA) is 76.1 Å². The number of nitrogens with two attached hydrogens (primary N) is 1. The van der Waals surface area contributed by atoms with E-state index >= 15 is 0 Å². The molecule has 18 heavy (non-hydrogen) atoms. The van der Waals surface area contributed by atoms with Crippen LogP contribution in [0.4, 0.5) is 8.78 Å². The van der Waals surface area contributed by atoms with Gasteiger partial charge in [0.15, 0.2) is 0 Å². The number of rotatable bonds is 4. The van der Waals surface area contributed by atoms with E-state index in [9.17, 15) is 13.6 Å². The summed E-state index contributed by atoms with van der Waals surface area (Å²) in [4.78, 5) is 11.6. The SMILES string of the molecule is CCOC(=O)c1ccc(C#N)c(C(F)F)c1CN. The lowest BCUT2D eigenvalue weighted by Crippen LogP contribution is -2.14. The largest absolute Gasteiger partial charge is 0.462 e. The Balaban J connectivity index is 3.43. The lowest BCUT2D eigenvalue weighted by atomic mass is 9.96. The van der Waals surface area contributed by atoms with Gasteiger partial charge in [-0.3, -0.25) is 0 Å². The van der Waals surface area contributed by atoms with Crippen LogP contribution in [0.3, 0.4) is 0 Å². The molecule has 0 spiro atoms. The molecule has 4 nitrogen and oxygen atoms in total. The summed E-state index contributed by atoms with van der Waals surface area (Å²) in [6.07, 6.45) is -2.87. The number of hydrogen-bond acceptors (Lipinski definition) is 4. The van der Waals surface area contributed by atoms with Crippen molar-refractivity contribution in [1.29, 1.82) is 5.26 Å². The number of hydrogen-bond donors (Lipinski definition) is 1. The first-order valence-corrected chi connectivity index (χ1v) is 5.28. The van der Waals surface area contributed by atoms with Gasteiger partial charge in [-0.2, -0.15) is 5.26 Å². The minimum absolute atomic E-state index is 0.0198. The second-order valence-corrected chi connectivity index (χ2v) is 3.39. The summed E-state index contributed by atoms with van der Waals surface area (Å²) < 4.78 is 30.6. The van der Waals surface area contributed by atoms with Crippen LogP contribution < -0.4 is 5.73 Å². The van der Waals surface area contributed by atoms with Gasteiger partial charge >= 0.3 is 5.97 Å². The highest BCUT2D eigenvalue weighted by Crippen LogP contribution is 2.29. The Hall–Kier alpha value is -2.00. The predicted molar refractivity (Wildman–Crippen MR) is 60.0 cm³/mol. The van der Waals surface area contributed by atoms with E-state index in [1.807, 2.05) is 0 Å². The fraction of sp³-hybridized carbons (Fsp3) is 0.333. The fourth-order valence-corrected chi connectivity index (χ4v) is 1.63. The van der Waals surface area contributed by atoms with Crippen molar-refractivity contribution in [2.24, 2.45) is 5.73 Å². The van der Waals surface area contributed by atoms with E-state index in [0.717, 1.165) is 0 Å². The van der Waals surface area contributed by atoms with E-state index in [-0.39, 0.29) is 29.8 Å². The van der Waals surface area contributed by atoms with Crippen molar-refractivity contribution in [2.75, 3.05) is 6.61 Å². The summed E-state index contributed by atoms with van der Waals surface area (Å²) in [5.41, 5.74) is 4.66. The Bertz CT molecular complexity index is 496. The number of ether oxygens (including phenoxy) is 1. The molecule has 0 saturated heterocycles. The van der Waals surface area contributed by atoms with Crippen LogP contribution in [0.15, 0.2) is 12.1 Å². The number of benzene rings is 1. The summed E-state index contributed by atoms with van der Waals surface area (Å²) in [6.45, 7) is 1.48. The van der Waals surface area contributed by atoms with Crippen molar-refractivity contribution in [1.82, 2.24) is 0 Å². The van der Waals surface area contributed by atoms with Crippen LogP contribution in [0.2, 0.25) is 0 Å². The molecule has 0 fully saturated rings. The molecule has 0 aliphatic rings. The van der Waals surface area contributed by atoms with E-state index in [0.29, 0.717) is 0 Å². The smallest absolute Gasteiger partial charge is 0.338 e. The average molecular weight is 254 g/mol. The zero-order valence-corrected chi connectivity index (χ0v) is 9.74. The standard InChI is InChI=1S/C12H12F2N2O2/c1-2-18-12(17)8-4-3-7(5-15)10(11(13)14)9(8)6-16/h3-4,11H,2,6,16H2,1H3. The van der Waals surface area contributed by atoms with Crippen molar-refractivity contribution in [3.8, 4) is 6.07 Å². The number of nitriles is 1. The minimum Gasteiger partial charge on any atom is -0.462 e. The van der Waals surface area contributed by atoms with Crippen molar-refractivity contribution in [3.63, 3.8) is 0 Å². The second-order valence-electron chi connectivity index (χ2n) is 3.39. The summed E-state index contributed by atoms with van der Waals surface area (Å²) in [5.74, 6) is -0.718. The van der Waals surface area contributed by atoms with Crippen LogP contribution in [0.1, 0.15) is 40.4 Å². The molecule has 0 aliphatic heterocycles.